The van der Waals surface area contributed by atoms with Gasteiger partial charge < -0.3 is 4.57 Å². The monoisotopic (exact) mass is 382 g/mol. The summed E-state index contributed by atoms with van der Waals surface area (Å²) in [5.74, 6) is 0. The molecule has 2 aromatic rings. The Hall–Kier alpha value is -1.87. The quantitative estimate of drug-likeness (QED) is 0.407. The second-order valence-electron chi connectivity index (χ2n) is 6.21. The van der Waals surface area contributed by atoms with Crippen LogP contribution in [-0.4, -0.2) is 11.7 Å². The Bertz CT molecular complexity index is 785. The van der Waals surface area contributed by atoms with Gasteiger partial charge in [0.15, 0.2) is 7.14 Å². The molecule has 1 atom stereocenters. The summed E-state index contributed by atoms with van der Waals surface area (Å²) in [6, 6.07) is 12.7. The summed E-state index contributed by atoms with van der Waals surface area (Å²) in [5, 5.41) is 0.318. The predicted molar refractivity (Wildman–Crippen MR) is 98.5 cm³/mol. The molecule has 0 bridgehead atoms. The van der Waals surface area contributed by atoms with Crippen molar-refractivity contribution in [2.24, 2.45) is 0 Å². The van der Waals surface area contributed by atoms with Crippen LogP contribution < -0.4 is 5.30 Å². The lowest BCUT2D eigenvalue weighted by molar-refractivity contribution is -0.137. The summed E-state index contributed by atoms with van der Waals surface area (Å²) in [6.07, 6.45) is -1.35. The average molecular weight is 382 g/mol. The van der Waals surface area contributed by atoms with Crippen LogP contribution in [0.5, 0.6) is 0 Å². The van der Waals surface area contributed by atoms with Crippen molar-refractivity contribution in [2.75, 3.05) is 6.16 Å². The summed E-state index contributed by atoms with van der Waals surface area (Å²) in [4.78, 5) is 13.0. The van der Waals surface area contributed by atoms with Crippen LogP contribution in [0.1, 0.15) is 48.5 Å². The van der Waals surface area contributed by atoms with Crippen molar-refractivity contribution in [3.05, 3.63) is 65.7 Å². The summed E-state index contributed by atoms with van der Waals surface area (Å²) in [7, 11) is -3.66. The summed E-state index contributed by atoms with van der Waals surface area (Å²) >= 11 is 0. The number of halogens is 3. The lowest BCUT2D eigenvalue weighted by atomic mass is 10.1. The van der Waals surface area contributed by atoms with Gasteiger partial charge >= 0.3 is 6.18 Å². The Labute approximate surface area is 151 Å². The van der Waals surface area contributed by atoms with Crippen molar-refractivity contribution in [2.45, 2.75) is 38.8 Å². The topological polar surface area (TPSA) is 34.1 Å². The van der Waals surface area contributed by atoms with Crippen molar-refractivity contribution in [3.8, 4) is 0 Å². The standard InChI is InChI=1S/C20H22F3O2P/c1-2-3-4-10-15-26(25,16-11-6-5-7-12-16)19(24)17-13-8-9-14-18(17)20(21,22)23/h5-9,11-14H,2-4,10,15H2,1H3. The molecule has 0 spiro atoms. The zero-order valence-electron chi connectivity index (χ0n) is 14.6. The fourth-order valence-corrected chi connectivity index (χ4v) is 5.49. The molecule has 0 saturated heterocycles. The van der Waals surface area contributed by atoms with Gasteiger partial charge in [0, 0.05) is 17.0 Å². The highest BCUT2D eigenvalue weighted by Gasteiger charge is 2.40. The Kier molecular flexibility index (Phi) is 6.82. The first-order chi connectivity index (χ1) is 12.3. The summed E-state index contributed by atoms with van der Waals surface area (Å²) < 4.78 is 53.6. The van der Waals surface area contributed by atoms with Crippen LogP contribution >= 0.6 is 7.14 Å². The molecule has 26 heavy (non-hydrogen) atoms. The van der Waals surface area contributed by atoms with Gasteiger partial charge in [-0.05, 0) is 12.5 Å². The molecular weight excluding hydrogens is 360 g/mol. The van der Waals surface area contributed by atoms with Crippen molar-refractivity contribution >= 4 is 18.0 Å². The highest BCUT2D eigenvalue weighted by atomic mass is 31.2. The van der Waals surface area contributed by atoms with Gasteiger partial charge in [-0.3, -0.25) is 4.79 Å². The SMILES string of the molecule is CCCCCCP(=O)(C(=O)c1ccccc1C(F)(F)F)c1ccccc1. The molecule has 0 radical (unpaired) electrons. The third-order valence-electron chi connectivity index (χ3n) is 4.29. The number of carbonyl (C=O) groups is 1. The molecule has 0 heterocycles. The number of alkyl halides is 3. The second kappa shape index (κ2) is 8.68. The van der Waals surface area contributed by atoms with E-state index in [0.717, 1.165) is 31.4 Å². The van der Waals surface area contributed by atoms with Gasteiger partial charge in [-0.2, -0.15) is 13.2 Å². The van der Waals surface area contributed by atoms with E-state index in [0.29, 0.717) is 11.7 Å². The van der Waals surface area contributed by atoms with Crippen molar-refractivity contribution < 1.29 is 22.5 Å². The van der Waals surface area contributed by atoms with E-state index in [2.05, 4.69) is 0 Å². The van der Waals surface area contributed by atoms with E-state index in [1.807, 2.05) is 6.92 Å². The first-order valence-electron chi connectivity index (χ1n) is 8.66. The Morgan fingerprint density at radius 2 is 1.54 bits per heavy atom. The van der Waals surface area contributed by atoms with Gasteiger partial charge in [-0.1, -0.05) is 74.7 Å². The van der Waals surface area contributed by atoms with E-state index < -0.39 is 30.0 Å². The van der Waals surface area contributed by atoms with Crippen LogP contribution in [0.2, 0.25) is 0 Å². The van der Waals surface area contributed by atoms with Gasteiger partial charge in [-0.25, -0.2) is 0 Å². The number of benzene rings is 2. The Balaban J connectivity index is 2.47. The molecule has 140 valence electrons. The zero-order valence-corrected chi connectivity index (χ0v) is 15.5. The largest absolute Gasteiger partial charge is 0.417 e. The van der Waals surface area contributed by atoms with Gasteiger partial charge in [0.2, 0.25) is 5.52 Å². The molecule has 0 aliphatic carbocycles. The maximum absolute atomic E-state index is 13.6. The zero-order chi connectivity index (χ0) is 19.2. The normalized spacial score (nSPS) is 14.0. The van der Waals surface area contributed by atoms with E-state index in [1.165, 1.54) is 12.1 Å². The molecule has 0 aliphatic heterocycles. The molecule has 2 nitrogen and oxygen atoms in total. The third-order valence-corrected chi connectivity index (χ3v) is 7.27. The summed E-state index contributed by atoms with van der Waals surface area (Å²) in [5.41, 5.74) is -2.45. The van der Waals surface area contributed by atoms with Crippen LogP contribution in [0.15, 0.2) is 54.6 Å². The minimum absolute atomic E-state index is 0.0854. The van der Waals surface area contributed by atoms with Gasteiger partial charge in [0.25, 0.3) is 0 Å². The van der Waals surface area contributed by atoms with Crippen LogP contribution in [0.25, 0.3) is 0 Å². The van der Waals surface area contributed by atoms with E-state index in [4.69, 9.17) is 0 Å². The minimum atomic E-state index is -4.67. The molecule has 0 aliphatic rings. The first kappa shape index (κ1) is 20.4. The highest BCUT2D eigenvalue weighted by Crippen LogP contribution is 2.50. The molecule has 6 heteroatoms. The number of carbonyl (C=O) groups excluding carboxylic acids is 1. The number of unbranched alkanes of at least 4 members (excludes halogenated alkanes) is 3. The number of hydrogen-bond donors (Lipinski definition) is 0. The van der Waals surface area contributed by atoms with Gasteiger partial charge in [0.05, 0.1) is 5.56 Å². The summed E-state index contributed by atoms with van der Waals surface area (Å²) in [6.45, 7) is 2.03. The van der Waals surface area contributed by atoms with Crippen LogP contribution in [0, 0.1) is 0 Å². The van der Waals surface area contributed by atoms with Crippen molar-refractivity contribution in [1.82, 2.24) is 0 Å². The Morgan fingerprint density at radius 3 is 2.15 bits per heavy atom. The molecule has 0 N–H and O–H groups in total. The van der Waals surface area contributed by atoms with Crippen molar-refractivity contribution in [1.29, 1.82) is 0 Å². The molecule has 0 fully saturated rings. The molecule has 2 aromatic carbocycles. The fraction of sp³-hybridized carbons (Fsp3) is 0.350. The van der Waals surface area contributed by atoms with Crippen LogP contribution in [0.4, 0.5) is 13.2 Å². The van der Waals surface area contributed by atoms with Gasteiger partial charge in [0.1, 0.15) is 0 Å². The molecule has 2 rings (SSSR count). The van der Waals surface area contributed by atoms with E-state index in [-0.39, 0.29) is 6.16 Å². The predicted octanol–water partition coefficient (Wildman–Crippen LogP) is 6.11. The Morgan fingerprint density at radius 1 is 0.923 bits per heavy atom. The highest BCUT2D eigenvalue weighted by molar-refractivity contribution is 7.87. The maximum atomic E-state index is 13.6. The van der Waals surface area contributed by atoms with Crippen molar-refractivity contribution in [3.63, 3.8) is 0 Å². The number of rotatable bonds is 8. The molecule has 1 unspecified atom stereocenters. The molecule has 0 saturated carbocycles. The van der Waals surface area contributed by atoms with Crippen LogP contribution in [-0.2, 0) is 10.7 Å². The lowest BCUT2D eigenvalue weighted by Crippen LogP contribution is -2.19. The van der Waals surface area contributed by atoms with Crippen LogP contribution in [0.3, 0.4) is 0 Å². The van der Waals surface area contributed by atoms with Gasteiger partial charge in [-0.15, -0.1) is 0 Å². The van der Waals surface area contributed by atoms with E-state index in [9.17, 15) is 22.5 Å². The minimum Gasteiger partial charge on any atom is -0.310 e. The fourth-order valence-electron chi connectivity index (χ4n) is 2.89. The number of hydrogen-bond acceptors (Lipinski definition) is 2. The molecule has 0 aromatic heterocycles. The lowest BCUT2D eigenvalue weighted by Gasteiger charge is -2.20. The first-order valence-corrected chi connectivity index (χ1v) is 10.6. The third kappa shape index (κ3) is 4.64. The second-order valence-corrected chi connectivity index (χ2v) is 9.06. The maximum Gasteiger partial charge on any atom is 0.417 e. The van der Waals surface area contributed by atoms with E-state index >= 15 is 0 Å². The molecular formula is C20H22F3O2P. The van der Waals surface area contributed by atoms with E-state index in [1.54, 1.807) is 30.3 Å². The smallest absolute Gasteiger partial charge is 0.310 e. The molecule has 0 amide bonds. The average Bonchev–Trinajstić information content (AvgIpc) is 2.64.